The van der Waals surface area contributed by atoms with E-state index in [0.29, 0.717) is 18.5 Å². The Morgan fingerprint density at radius 3 is 2.25 bits per heavy atom. The summed E-state index contributed by atoms with van der Waals surface area (Å²) in [6, 6.07) is 5.33. The predicted molar refractivity (Wildman–Crippen MR) is 133 cm³/mol. The van der Waals surface area contributed by atoms with Crippen LogP contribution in [0.5, 0.6) is 0 Å². The Bertz CT molecular complexity index is 801. The number of carbonyl (C=O) groups excluding carboxylic acids is 3. The largest absolute Gasteiger partial charge is 0.322 e. The number of nitrogens with zero attached hydrogens (tertiary/aromatic N) is 1. The second-order valence-corrected chi connectivity index (χ2v) is 10.7. The van der Waals surface area contributed by atoms with E-state index in [1.807, 2.05) is 23.9 Å². The molecule has 0 bridgehead atoms. The average Bonchev–Trinajstić information content (AvgIpc) is 3.11. The molecule has 2 heterocycles. The summed E-state index contributed by atoms with van der Waals surface area (Å²) in [5.74, 6) is 0.354. The second kappa shape index (κ2) is 13.4. The lowest BCUT2D eigenvalue weighted by molar-refractivity contribution is -0.136. The molecule has 1 unspecified atom stereocenters. The van der Waals surface area contributed by atoms with Crippen LogP contribution in [-0.4, -0.2) is 39.7 Å². The van der Waals surface area contributed by atoms with Gasteiger partial charge in [-0.1, -0.05) is 73.4 Å². The van der Waals surface area contributed by atoms with Crippen molar-refractivity contribution in [2.75, 3.05) is 11.1 Å². The molecule has 3 rings (SSSR count). The zero-order valence-corrected chi connectivity index (χ0v) is 21.3. The van der Waals surface area contributed by atoms with Crippen LogP contribution in [0.2, 0.25) is 0 Å². The number of carbonyl (C=O) groups is 3. The number of rotatable bonds is 14. The third-order valence-corrected chi connectivity index (χ3v) is 8.07. The average molecular weight is 524 g/mol. The highest BCUT2D eigenvalue weighted by atomic mass is 79.9. The van der Waals surface area contributed by atoms with Crippen LogP contribution < -0.4 is 5.32 Å². The first-order chi connectivity index (χ1) is 15.6. The number of imide groups is 1. The molecule has 1 aromatic carbocycles. The summed E-state index contributed by atoms with van der Waals surface area (Å²) in [6.07, 6.45) is 13.9. The number of hydrogen-bond donors (Lipinski definition) is 1. The standard InChI is InChI=1S/C25H35BrN2O3S/c26-16-9-7-5-3-1-2-4-6-8-10-17-32-22-13-11-12-19-20(22)18-28(25(19)31)21-14-15-23(29)27-24(21)30/h11-13,21H,1-10,14-18H2,(H,27,29,30). The molecule has 0 radical (unpaired) electrons. The van der Waals surface area contributed by atoms with E-state index in [4.69, 9.17) is 0 Å². The van der Waals surface area contributed by atoms with E-state index >= 15 is 0 Å². The maximum Gasteiger partial charge on any atom is 0.255 e. The minimum absolute atomic E-state index is 0.0934. The molecule has 3 amide bonds. The summed E-state index contributed by atoms with van der Waals surface area (Å²) in [5.41, 5.74) is 1.74. The topological polar surface area (TPSA) is 66.5 Å². The van der Waals surface area contributed by atoms with Gasteiger partial charge < -0.3 is 4.90 Å². The normalized spacial score (nSPS) is 18.2. The number of alkyl halides is 1. The molecule has 1 fully saturated rings. The number of nitrogens with one attached hydrogen (secondary N) is 1. The molecule has 1 aromatic rings. The number of fused-ring (bicyclic) bond motifs is 1. The Morgan fingerprint density at radius 2 is 1.59 bits per heavy atom. The van der Waals surface area contributed by atoms with Crippen molar-refractivity contribution in [1.82, 2.24) is 10.2 Å². The van der Waals surface area contributed by atoms with Gasteiger partial charge in [0.25, 0.3) is 5.91 Å². The predicted octanol–water partition coefficient (Wildman–Crippen LogP) is 5.84. The van der Waals surface area contributed by atoms with Crippen LogP contribution in [0.25, 0.3) is 0 Å². The smallest absolute Gasteiger partial charge is 0.255 e. The van der Waals surface area contributed by atoms with Crippen LogP contribution in [-0.2, 0) is 16.1 Å². The molecule has 1 saturated heterocycles. The van der Waals surface area contributed by atoms with Crippen molar-refractivity contribution >= 4 is 45.4 Å². The lowest BCUT2D eigenvalue weighted by Gasteiger charge is -2.29. The van der Waals surface area contributed by atoms with Gasteiger partial charge >= 0.3 is 0 Å². The van der Waals surface area contributed by atoms with Crippen LogP contribution in [0.4, 0.5) is 0 Å². The van der Waals surface area contributed by atoms with Crippen molar-refractivity contribution in [3.63, 3.8) is 0 Å². The maximum absolute atomic E-state index is 12.9. The molecule has 176 valence electrons. The van der Waals surface area contributed by atoms with Crippen LogP contribution in [0.1, 0.15) is 93.0 Å². The third kappa shape index (κ3) is 7.08. The Labute approximate surface area is 204 Å². The van der Waals surface area contributed by atoms with Crippen LogP contribution in [0, 0.1) is 0 Å². The van der Waals surface area contributed by atoms with Crippen LogP contribution >= 0.6 is 27.7 Å². The van der Waals surface area contributed by atoms with Gasteiger partial charge in [-0.25, -0.2) is 0 Å². The van der Waals surface area contributed by atoms with Crippen LogP contribution in [0.15, 0.2) is 23.1 Å². The quantitative estimate of drug-likeness (QED) is 0.144. The SMILES string of the molecule is O=C1CCC(N2Cc3c(SCCCCCCCCCCCCBr)cccc3C2=O)C(=O)N1. The van der Waals surface area contributed by atoms with Crippen molar-refractivity contribution in [1.29, 1.82) is 0 Å². The van der Waals surface area contributed by atoms with E-state index in [2.05, 4.69) is 27.3 Å². The summed E-state index contributed by atoms with van der Waals surface area (Å²) < 4.78 is 0. The molecule has 1 N–H and O–H groups in total. The molecule has 1 atom stereocenters. The Balaban J connectivity index is 1.37. The second-order valence-electron chi connectivity index (χ2n) is 8.76. The van der Waals surface area contributed by atoms with Crippen molar-refractivity contribution in [2.45, 2.75) is 94.5 Å². The molecule has 0 aromatic heterocycles. The fourth-order valence-electron chi connectivity index (χ4n) is 4.49. The highest BCUT2D eigenvalue weighted by Crippen LogP contribution is 2.34. The summed E-state index contributed by atoms with van der Waals surface area (Å²) in [4.78, 5) is 39.4. The van der Waals surface area contributed by atoms with Gasteiger partial charge in [-0.2, -0.15) is 0 Å². The monoisotopic (exact) mass is 522 g/mol. The lowest BCUT2D eigenvalue weighted by Crippen LogP contribution is -2.52. The minimum Gasteiger partial charge on any atom is -0.322 e. The zero-order valence-electron chi connectivity index (χ0n) is 18.9. The van der Waals surface area contributed by atoms with Crippen molar-refractivity contribution < 1.29 is 14.4 Å². The zero-order chi connectivity index (χ0) is 22.8. The first-order valence-electron chi connectivity index (χ1n) is 12.1. The Kier molecular flexibility index (Phi) is 10.6. The fourth-order valence-corrected chi connectivity index (χ4v) is 5.97. The molecule has 0 spiro atoms. The van der Waals surface area contributed by atoms with Gasteiger partial charge in [0, 0.05) is 28.8 Å². The summed E-state index contributed by atoms with van der Waals surface area (Å²) >= 11 is 5.30. The number of piperidine rings is 1. The molecular formula is C25H35BrN2O3S. The highest BCUT2D eigenvalue weighted by molar-refractivity contribution is 9.09. The molecule has 2 aliphatic rings. The number of unbranched alkanes of at least 4 members (excludes halogenated alkanes) is 9. The fraction of sp³-hybridized carbons (Fsp3) is 0.640. The van der Waals surface area contributed by atoms with E-state index < -0.39 is 6.04 Å². The molecule has 0 saturated carbocycles. The molecule has 7 heteroatoms. The first-order valence-corrected chi connectivity index (χ1v) is 14.2. The number of amides is 3. The molecule has 32 heavy (non-hydrogen) atoms. The number of hydrogen-bond acceptors (Lipinski definition) is 4. The maximum atomic E-state index is 12.9. The number of thioether (sulfide) groups is 1. The highest BCUT2D eigenvalue weighted by Gasteiger charge is 2.39. The van der Waals surface area contributed by atoms with E-state index in [1.54, 1.807) is 4.90 Å². The Morgan fingerprint density at radius 1 is 0.938 bits per heavy atom. The van der Waals surface area contributed by atoms with Gasteiger partial charge in [0.15, 0.2) is 0 Å². The summed E-state index contributed by atoms with van der Waals surface area (Å²) in [7, 11) is 0. The van der Waals surface area contributed by atoms with E-state index in [-0.39, 0.29) is 24.1 Å². The summed E-state index contributed by atoms with van der Waals surface area (Å²) in [6.45, 7) is 0.458. The molecule has 0 aliphatic carbocycles. The molecule has 2 aliphatic heterocycles. The van der Waals surface area contributed by atoms with Gasteiger partial charge in [-0.05, 0) is 42.7 Å². The Hall–Kier alpha value is -1.34. The third-order valence-electron chi connectivity index (χ3n) is 6.32. The van der Waals surface area contributed by atoms with Gasteiger partial charge in [-0.15, -0.1) is 11.8 Å². The first kappa shape index (κ1) is 25.3. The van der Waals surface area contributed by atoms with Crippen molar-refractivity contribution in [3.05, 3.63) is 29.3 Å². The van der Waals surface area contributed by atoms with E-state index in [1.165, 1.54) is 64.2 Å². The minimum atomic E-state index is -0.546. The van der Waals surface area contributed by atoms with Gasteiger partial charge in [-0.3, -0.25) is 19.7 Å². The summed E-state index contributed by atoms with van der Waals surface area (Å²) in [5, 5.41) is 3.50. The lowest BCUT2D eigenvalue weighted by atomic mass is 10.0. The molecule has 5 nitrogen and oxygen atoms in total. The van der Waals surface area contributed by atoms with E-state index in [0.717, 1.165) is 21.5 Å². The van der Waals surface area contributed by atoms with Gasteiger partial charge in [0.1, 0.15) is 6.04 Å². The number of halogens is 1. The van der Waals surface area contributed by atoms with Crippen LogP contribution in [0.3, 0.4) is 0 Å². The van der Waals surface area contributed by atoms with Gasteiger partial charge in [0.05, 0.1) is 0 Å². The number of benzene rings is 1. The van der Waals surface area contributed by atoms with Crippen molar-refractivity contribution in [2.24, 2.45) is 0 Å². The van der Waals surface area contributed by atoms with Gasteiger partial charge in [0.2, 0.25) is 11.8 Å². The van der Waals surface area contributed by atoms with Crippen molar-refractivity contribution in [3.8, 4) is 0 Å². The van der Waals surface area contributed by atoms with E-state index in [9.17, 15) is 14.4 Å². The molecular weight excluding hydrogens is 488 g/mol.